The van der Waals surface area contributed by atoms with Gasteiger partial charge in [0, 0.05) is 25.9 Å². The van der Waals surface area contributed by atoms with Crippen molar-refractivity contribution in [1.29, 1.82) is 0 Å². The Morgan fingerprint density at radius 2 is 1.90 bits per heavy atom. The van der Waals surface area contributed by atoms with E-state index in [9.17, 15) is 0 Å². The van der Waals surface area contributed by atoms with Gasteiger partial charge in [-0.2, -0.15) is 0 Å². The summed E-state index contributed by atoms with van der Waals surface area (Å²) in [4.78, 5) is 8.91. The molecule has 6 nitrogen and oxygen atoms in total. The van der Waals surface area contributed by atoms with E-state index in [1.165, 1.54) is 5.56 Å². The number of ether oxygens (including phenoxy) is 1. The summed E-state index contributed by atoms with van der Waals surface area (Å²) < 4.78 is 7.88. The lowest BCUT2D eigenvalue weighted by Gasteiger charge is -2.27. The molecule has 0 spiro atoms. The van der Waals surface area contributed by atoms with E-state index < -0.39 is 0 Å². The van der Waals surface area contributed by atoms with E-state index in [1.807, 2.05) is 24.3 Å². The predicted molar refractivity (Wildman–Crippen MR) is 124 cm³/mol. The molecule has 31 heavy (non-hydrogen) atoms. The molecule has 4 aromatic rings. The number of benzene rings is 2. The fourth-order valence-corrected chi connectivity index (χ4v) is 3.86. The van der Waals surface area contributed by atoms with Crippen LogP contribution in [0.4, 0.5) is 5.95 Å². The first-order valence-corrected chi connectivity index (χ1v) is 10.8. The maximum Gasteiger partial charge on any atom is 0.219 e. The molecule has 2 aromatic heterocycles. The summed E-state index contributed by atoms with van der Waals surface area (Å²) in [5, 5.41) is 7.38. The normalized spacial score (nSPS) is 13.9. The number of fused-ring (bicyclic) bond motifs is 1. The molecule has 0 atom stereocenters. The van der Waals surface area contributed by atoms with Gasteiger partial charge in [0.2, 0.25) is 11.8 Å². The van der Waals surface area contributed by atoms with Crippen molar-refractivity contribution < 1.29 is 4.74 Å². The van der Waals surface area contributed by atoms with Crippen molar-refractivity contribution in [3.63, 3.8) is 0 Å². The maximum absolute atomic E-state index is 5.86. The summed E-state index contributed by atoms with van der Waals surface area (Å²) in [6.45, 7) is 2.92. The standard InChI is InChI=1S/C24H24ClN5O/c1-30-22-11-17(10-18-12-26-13-18)4-8-21(22)29-24(30)28-14-16-2-6-20(7-3-16)31-23-9-5-19(25)15-27-23/h2-9,11,15,18,26H,10,12-14H2,1H3,(H,28,29). The molecule has 7 heteroatoms. The Labute approximate surface area is 186 Å². The summed E-state index contributed by atoms with van der Waals surface area (Å²) in [5.74, 6) is 2.87. The van der Waals surface area contributed by atoms with E-state index in [-0.39, 0.29) is 0 Å². The summed E-state index contributed by atoms with van der Waals surface area (Å²) in [6.07, 6.45) is 2.69. The minimum Gasteiger partial charge on any atom is -0.439 e. The van der Waals surface area contributed by atoms with Crippen molar-refractivity contribution in [2.24, 2.45) is 13.0 Å². The Morgan fingerprint density at radius 1 is 1.10 bits per heavy atom. The van der Waals surface area contributed by atoms with Crippen molar-refractivity contribution in [2.75, 3.05) is 18.4 Å². The molecule has 3 heterocycles. The first-order chi connectivity index (χ1) is 15.1. The van der Waals surface area contributed by atoms with Crippen LogP contribution in [0.1, 0.15) is 11.1 Å². The van der Waals surface area contributed by atoms with Gasteiger partial charge < -0.3 is 19.9 Å². The molecule has 0 saturated carbocycles. The van der Waals surface area contributed by atoms with Crippen LogP contribution in [0.5, 0.6) is 11.6 Å². The first-order valence-electron chi connectivity index (χ1n) is 10.4. The lowest BCUT2D eigenvalue weighted by Crippen LogP contribution is -2.43. The summed E-state index contributed by atoms with van der Waals surface area (Å²) in [7, 11) is 2.06. The number of hydrogen-bond donors (Lipinski definition) is 2. The van der Waals surface area contributed by atoms with Crippen LogP contribution in [0.2, 0.25) is 5.02 Å². The molecule has 1 fully saturated rings. The minimum atomic E-state index is 0.517. The third-order valence-electron chi connectivity index (χ3n) is 5.63. The zero-order valence-corrected chi connectivity index (χ0v) is 18.1. The highest BCUT2D eigenvalue weighted by Gasteiger charge is 2.17. The van der Waals surface area contributed by atoms with Gasteiger partial charge in [-0.3, -0.25) is 0 Å². The van der Waals surface area contributed by atoms with Crippen LogP contribution < -0.4 is 15.4 Å². The Balaban J connectivity index is 1.23. The number of aryl methyl sites for hydroxylation is 1. The van der Waals surface area contributed by atoms with Crippen LogP contribution in [-0.2, 0) is 20.0 Å². The highest BCUT2D eigenvalue weighted by molar-refractivity contribution is 6.30. The van der Waals surface area contributed by atoms with Gasteiger partial charge in [-0.15, -0.1) is 0 Å². The average molecular weight is 434 g/mol. The van der Waals surface area contributed by atoms with Crippen LogP contribution in [-0.4, -0.2) is 27.6 Å². The molecular formula is C24H24ClN5O. The third-order valence-corrected chi connectivity index (χ3v) is 5.86. The van der Waals surface area contributed by atoms with Crippen LogP contribution in [0.15, 0.2) is 60.8 Å². The number of nitrogens with zero attached hydrogens (tertiary/aromatic N) is 3. The van der Waals surface area contributed by atoms with Crippen molar-refractivity contribution in [2.45, 2.75) is 13.0 Å². The van der Waals surface area contributed by atoms with E-state index in [1.54, 1.807) is 18.3 Å². The monoisotopic (exact) mass is 433 g/mol. The Morgan fingerprint density at radius 3 is 2.61 bits per heavy atom. The van der Waals surface area contributed by atoms with Gasteiger partial charge in [0.25, 0.3) is 0 Å². The molecule has 2 N–H and O–H groups in total. The zero-order chi connectivity index (χ0) is 21.2. The molecule has 1 aliphatic heterocycles. The van der Waals surface area contributed by atoms with Gasteiger partial charge in [-0.25, -0.2) is 9.97 Å². The highest BCUT2D eigenvalue weighted by atomic mass is 35.5. The summed E-state index contributed by atoms with van der Waals surface area (Å²) in [6, 6.07) is 18.0. The Bertz CT molecular complexity index is 1180. The van der Waals surface area contributed by atoms with Gasteiger partial charge in [0.05, 0.1) is 16.1 Å². The lowest BCUT2D eigenvalue weighted by molar-refractivity contribution is 0.346. The summed E-state index contributed by atoms with van der Waals surface area (Å²) in [5.41, 5.74) is 4.69. The molecule has 0 unspecified atom stereocenters. The van der Waals surface area contributed by atoms with Crippen LogP contribution >= 0.6 is 11.6 Å². The topological polar surface area (TPSA) is 64.0 Å². The number of anilines is 1. The summed E-state index contributed by atoms with van der Waals surface area (Å²) >= 11 is 5.86. The fourth-order valence-electron chi connectivity index (χ4n) is 3.75. The second-order valence-corrected chi connectivity index (χ2v) is 8.40. The first kappa shape index (κ1) is 19.8. The molecule has 0 radical (unpaired) electrons. The number of nitrogens with one attached hydrogen (secondary N) is 2. The molecule has 158 valence electrons. The average Bonchev–Trinajstić information content (AvgIpc) is 3.07. The van der Waals surface area contributed by atoms with Gasteiger partial charge >= 0.3 is 0 Å². The van der Waals surface area contributed by atoms with Crippen molar-refractivity contribution in [3.05, 3.63) is 76.9 Å². The molecule has 0 bridgehead atoms. The third kappa shape index (κ3) is 4.50. The lowest BCUT2D eigenvalue weighted by atomic mass is 9.94. The van der Waals surface area contributed by atoms with E-state index in [0.717, 1.165) is 53.7 Å². The van der Waals surface area contributed by atoms with Crippen LogP contribution in [0.25, 0.3) is 11.0 Å². The molecule has 1 saturated heterocycles. The molecule has 5 rings (SSSR count). The van der Waals surface area contributed by atoms with E-state index >= 15 is 0 Å². The van der Waals surface area contributed by atoms with Crippen molar-refractivity contribution in [1.82, 2.24) is 19.9 Å². The number of halogens is 1. The molecule has 2 aromatic carbocycles. The van der Waals surface area contributed by atoms with Gasteiger partial charge in [-0.05, 0) is 66.9 Å². The SMILES string of the molecule is Cn1c(NCc2ccc(Oc3ccc(Cl)cn3)cc2)nc2ccc(CC3CNC3)cc21. The Hall–Kier alpha value is -3.09. The van der Waals surface area contributed by atoms with Gasteiger partial charge in [-0.1, -0.05) is 29.8 Å². The fraction of sp³-hybridized carbons (Fsp3) is 0.250. The minimum absolute atomic E-state index is 0.517. The number of rotatable bonds is 7. The maximum atomic E-state index is 5.86. The predicted octanol–water partition coefficient (Wildman–Crippen LogP) is 4.79. The quantitative estimate of drug-likeness (QED) is 0.438. The van der Waals surface area contributed by atoms with Crippen molar-refractivity contribution >= 4 is 28.6 Å². The number of pyridine rings is 1. The van der Waals surface area contributed by atoms with Gasteiger partial charge in [0.1, 0.15) is 5.75 Å². The van der Waals surface area contributed by atoms with Gasteiger partial charge in [0.15, 0.2) is 0 Å². The number of aromatic nitrogens is 3. The second-order valence-electron chi connectivity index (χ2n) is 7.96. The second kappa shape index (κ2) is 8.57. The van der Waals surface area contributed by atoms with E-state index in [4.69, 9.17) is 21.3 Å². The number of hydrogen-bond acceptors (Lipinski definition) is 5. The van der Waals surface area contributed by atoms with Crippen molar-refractivity contribution in [3.8, 4) is 11.6 Å². The van der Waals surface area contributed by atoms with Crippen LogP contribution in [0, 0.1) is 5.92 Å². The molecule has 0 aliphatic carbocycles. The molecule has 0 amide bonds. The van der Waals surface area contributed by atoms with E-state index in [0.29, 0.717) is 17.4 Å². The van der Waals surface area contributed by atoms with Crippen LogP contribution in [0.3, 0.4) is 0 Å². The smallest absolute Gasteiger partial charge is 0.219 e. The highest BCUT2D eigenvalue weighted by Crippen LogP contribution is 2.24. The number of imidazole rings is 1. The molecular weight excluding hydrogens is 410 g/mol. The Kier molecular flexibility index (Phi) is 5.49. The zero-order valence-electron chi connectivity index (χ0n) is 17.3. The van der Waals surface area contributed by atoms with E-state index in [2.05, 4.69) is 45.4 Å². The largest absolute Gasteiger partial charge is 0.439 e. The molecule has 1 aliphatic rings.